The highest BCUT2D eigenvalue weighted by molar-refractivity contribution is 5.85. The first-order valence-electron chi connectivity index (χ1n) is 2.80. The quantitative estimate of drug-likeness (QED) is 0.496. The molecule has 0 fully saturated rings. The van der Waals surface area contributed by atoms with E-state index in [1.165, 1.54) is 12.3 Å². The van der Waals surface area contributed by atoms with E-state index in [1.807, 2.05) is 0 Å². The Morgan fingerprint density at radius 2 is 2.45 bits per heavy atom. The zero-order valence-electron chi connectivity index (χ0n) is 5.50. The lowest BCUT2D eigenvalue weighted by Gasteiger charge is -1.96. The number of carbonyl (C=O) groups is 1. The van der Waals surface area contributed by atoms with Crippen molar-refractivity contribution in [3.05, 3.63) is 22.6 Å². The second-order valence-electron chi connectivity index (χ2n) is 1.77. The molecule has 4 N–H and O–H groups in total. The fourth-order valence-corrected chi connectivity index (χ4v) is 0.552. The van der Waals surface area contributed by atoms with Crippen molar-refractivity contribution in [1.82, 2.24) is 9.97 Å². The van der Waals surface area contributed by atoms with E-state index in [1.54, 1.807) is 0 Å². The maximum atomic E-state index is 10.5. The second-order valence-corrected chi connectivity index (χ2v) is 1.77. The Balaban J connectivity index is 2.88. The topological polar surface area (TPSA) is 101 Å². The van der Waals surface area contributed by atoms with Gasteiger partial charge in [-0.15, -0.1) is 0 Å². The Bertz CT molecular complexity index is 318. The van der Waals surface area contributed by atoms with E-state index >= 15 is 0 Å². The minimum atomic E-state index is -0.764. The van der Waals surface area contributed by atoms with Crippen LogP contribution in [-0.2, 0) is 0 Å². The highest BCUT2D eigenvalue weighted by Crippen LogP contribution is 1.87. The summed E-state index contributed by atoms with van der Waals surface area (Å²) in [5.41, 5.74) is 4.32. The third-order valence-electron chi connectivity index (χ3n) is 0.910. The molecule has 1 aromatic heterocycles. The van der Waals surface area contributed by atoms with Crippen LogP contribution in [0, 0.1) is 0 Å². The first-order chi connectivity index (χ1) is 5.18. The Kier molecular flexibility index (Phi) is 1.86. The van der Waals surface area contributed by atoms with Crippen molar-refractivity contribution >= 4 is 12.0 Å². The molecule has 0 aliphatic carbocycles. The van der Waals surface area contributed by atoms with Crippen LogP contribution in [0.2, 0.25) is 0 Å². The number of rotatable bonds is 1. The van der Waals surface area contributed by atoms with E-state index in [4.69, 9.17) is 5.73 Å². The Morgan fingerprint density at radius 1 is 1.73 bits per heavy atom. The molecule has 0 aliphatic heterocycles. The molecule has 0 saturated carbocycles. The summed E-state index contributed by atoms with van der Waals surface area (Å²) in [5.74, 6) is 0.0463. The van der Waals surface area contributed by atoms with Crippen LogP contribution in [0.25, 0.3) is 0 Å². The fraction of sp³-hybridized carbons (Fsp3) is 0. The Hall–Kier alpha value is -1.85. The molecule has 6 heteroatoms. The first kappa shape index (κ1) is 7.26. The van der Waals surface area contributed by atoms with Crippen LogP contribution in [-0.4, -0.2) is 16.0 Å². The minimum absolute atomic E-state index is 0.0463. The van der Waals surface area contributed by atoms with Crippen LogP contribution >= 0.6 is 0 Å². The van der Waals surface area contributed by atoms with Gasteiger partial charge in [0, 0.05) is 12.3 Å². The van der Waals surface area contributed by atoms with Gasteiger partial charge < -0.3 is 10.7 Å². The van der Waals surface area contributed by atoms with Gasteiger partial charge in [0.2, 0.25) is 5.95 Å². The summed E-state index contributed by atoms with van der Waals surface area (Å²) in [6.07, 6.45) is 1.36. The monoisotopic (exact) mass is 154 g/mol. The van der Waals surface area contributed by atoms with Gasteiger partial charge in [0.15, 0.2) is 0 Å². The second kappa shape index (κ2) is 2.82. The number of hydrogen-bond donors (Lipinski definition) is 3. The summed E-state index contributed by atoms with van der Waals surface area (Å²) in [6, 6.07) is 0.464. The van der Waals surface area contributed by atoms with Crippen LogP contribution in [0.3, 0.4) is 0 Å². The SMILES string of the molecule is NC(=O)Nc1nc(=O)cc[nH]1. The van der Waals surface area contributed by atoms with Gasteiger partial charge in [-0.25, -0.2) is 4.79 Å². The number of nitrogens with two attached hydrogens (primary N) is 1. The van der Waals surface area contributed by atoms with Crippen molar-refractivity contribution in [3.8, 4) is 0 Å². The Labute approximate surface area is 61.4 Å². The van der Waals surface area contributed by atoms with Gasteiger partial charge in [-0.3, -0.25) is 10.1 Å². The zero-order chi connectivity index (χ0) is 8.27. The van der Waals surface area contributed by atoms with Gasteiger partial charge in [0.05, 0.1) is 0 Å². The number of aromatic amines is 1. The molecule has 11 heavy (non-hydrogen) atoms. The molecule has 0 saturated heterocycles. The molecule has 0 radical (unpaired) electrons. The van der Waals surface area contributed by atoms with Gasteiger partial charge in [-0.05, 0) is 0 Å². The molecule has 1 aromatic rings. The lowest BCUT2D eigenvalue weighted by atomic mass is 10.6. The summed E-state index contributed by atoms with van der Waals surface area (Å²) >= 11 is 0. The third kappa shape index (κ3) is 2.09. The highest BCUT2D eigenvalue weighted by atomic mass is 16.2. The van der Waals surface area contributed by atoms with Gasteiger partial charge in [-0.1, -0.05) is 0 Å². The molecule has 2 amide bonds. The van der Waals surface area contributed by atoms with Crippen LogP contribution in [0.1, 0.15) is 0 Å². The number of amides is 2. The molecule has 0 aromatic carbocycles. The first-order valence-corrected chi connectivity index (χ1v) is 2.80. The zero-order valence-corrected chi connectivity index (χ0v) is 5.50. The predicted octanol–water partition coefficient (Wildman–Crippen LogP) is -0.740. The number of H-pyrrole nitrogens is 1. The van der Waals surface area contributed by atoms with Crippen molar-refractivity contribution in [2.24, 2.45) is 5.73 Å². The van der Waals surface area contributed by atoms with E-state index in [-0.39, 0.29) is 5.95 Å². The molecule has 0 bridgehead atoms. The summed E-state index contributed by atoms with van der Waals surface area (Å²) in [7, 11) is 0. The summed E-state index contributed by atoms with van der Waals surface area (Å²) in [4.78, 5) is 26.7. The smallest absolute Gasteiger partial charge is 0.318 e. The third-order valence-corrected chi connectivity index (χ3v) is 0.910. The maximum Gasteiger partial charge on any atom is 0.318 e. The van der Waals surface area contributed by atoms with Gasteiger partial charge in [0.25, 0.3) is 5.56 Å². The Morgan fingerprint density at radius 3 is 3.00 bits per heavy atom. The van der Waals surface area contributed by atoms with Crippen molar-refractivity contribution in [1.29, 1.82) is 0 Å². The molecule has 0 aliphatic rings. The standard InChI is InChI=1S/C5H6N4O2/c6-4(11)9-5-7-2-1-3(10)8-5/h1-2H,(H4,6,7,8,9,10,11). The molecule has 6 nitrogen and oxygen atoms in total. The highest BCUT2D eigenvalue weighted by Gasteiger charge is 1.95. The normalized spacial score (nSPS) is 9.09. The average Bonchev–Trinajstić information content (AvgIpc) is 1.85. The lowest BCUT2D eigenvalue weighted by molar-refractivity contribution is 0.259. The average molecular weight is 154 g/mol. The van der Waals surface area contributed by atoms with Crippen LogP contribution in [0.15, 0.2) is 17.1 Å². The maximum absolute atomic E-state index is 10.5. The summed E-state index contributed by atoms with van der Waals surface area (Å²) < 4.78 is 0. The van der Waals surface area contributed by atoms with Gasteiger partial charge in [0.1, 0.15) is 0 Å². The van der Waals surface area contributed by atoms with Crippen LogP contribution < -0.4 is 16.6 Å². The van der Waals surface area contributed by atoms with Crippen molar-refractivity contribution in [2.45, 2.75) is 0 Å². The molecule has 0 spiro atoms. The van der Waals surface area contributed by atoms with Crippen molar-refractivity contribution in [2.75, 3.05) is 5.32 Å². The molecule has 0 atom stereocenters. The number of primary amides is 1. The lowest BCUT2D eigenvalue weighted by Crippen LogP contribution is -2.22. The number of anilines is 1. The number of urea groups is 1. The summed E-state index contributed by atoms with van der Waals surface area (Å²) in [6.45, 7) is 0. The van der Waals surface area contributed by atoms with E-state index in [0.29, 0.717) is 0 Å². The van der Waals surface area contributed by atoms with Gasteiger partial charge in [-0.2, -0.15) is 4.98 Å². The number of nitrogens with one attached hydrogen (secondary N) is 2. The fourth-order valence-electron chi connectivity index (χ4n) is 0.552. The molecular formula is C5H6N4O2. The van der Waals surface area contributed by atoms with Crippen LogP contribution in [0.5, 0.6) is 0 Å². The molecule has 0 unspecified atom stereocenters. The van der Waals surface area contributed by atoms with E-state index in [2.05, 4.69) is 15.3 Å². The van der Waals surface area contributed by atoms with E-state index in [0.717, 1.165) is 0 Å². The molecule has 1 heterocycles. The number of hydrogen-bond acceptors (Lipinski definition) is 3. The van der Waals surface area contributed by atoms with E-state index < -0.39 is 11.6 Å². The molecule has 58 valence electrons. The predicted molar refractivity (Wildman–Crippen MR) is 38.1 cm³/mol. The molecule has 1 rings (SSSR count). The number of aromatic nitrogens is 2. The minimum Gasteiger partial charge on any atom is -0.351 e. The largest absolute Gasteiger partial charge is 0.351 e. The molecular weight excluding hydrogens is 148 g/mol. The number of nitrogens with zero attached hydrogens (tertiary/aromatic N) is 1. The summed E-state index contributed by atoms with van der Waals surface area (Å²) in [5, 5.41) is 2.12. The van der Waals surface area contributed by atoms with E-state index in [9.17, 15) is 9.59 Å². The van der Waals surface area contributed by atoms with Crippen LogP contribution in [0.4, 0.5) is 10.7 Å². The van der Waals surface area contributed by atoms with Gasteiger partial charge >= 0.3 is 6.03 Å². The number of carbonyl (C=O) groups excluding carboxylic acids is 1. The van der Waals surface area contributed by atoms with Crippen molar-refractivity contribution in [3.63, 3.8) is 0 Å². The van der Waals surface area contributed by atoms with Crippen molar-refractivity contribution < 1.29 is 4.79 Å².